The van der Waals surface area contributed by atoms with Crippen LogP contribution in [0.25, 0.3) is 11.3 Å². The van der Waals surface area contributed by atoms with Crippen molar-refractivity contribution in [2.75, 3.05) is 5.32 Å². The van der Waals surface area contributed by atoms with Crippen LogP contribution in [0.5, 0.6) is 5.75 Å². The molecule has 0 radical (unpaired) electrons. The molecule has 3 rings (SSSR count). The largest absolute Gasteiger partial charge is 0.487 e. The molecule has 28 heavy (non-hydrogen) atoms. The van der Waals surface area contributed by atoms with Gasteiger partial charge in [-0.15, -0.1) is 8.78 Å². The molecule has 0 aliphatic rings. The molecule has 6 nitrogen and oxygen atoms in total. The molecule has 0 aliphatic heterocycles. The van der Waals surface area contributed by atoms with Crippen LogP contribution in [0, 0.1) is 0 Å². The number of ether oxygens (including phenoxy) is 1. The Labute approximate surface area is 164 Å². The molecule has 2 N–H and O–H groups in total. The molecule has 146 valence electrons. The number of hydrogen-bond acceptors (Lipinski definition) is 4. The van der Waals surface area contributed by atoms with Crippen LogP contribution in [-0.2, 0) is 0 Å². The number of amides is 1. The third-order valence-electron chi connectivity index (χ3n) is 3.86. The van der Waals surface area contributed by atoms with Crippen molar-refractivity contribution in [1.29, 1.82) is 0 Å². The smallest absolute Gasteiger partial charge is 0.420 e. The third-order valence-corrected chi connectivity index (χ3v) is 3.94. The molecule has 0 spiro atoms. The maximum atomic E-state index is 12.6. The van der Waals surface area contributed by atoms with Crippen LogP contribution < -0.4 is 10.1 Å². The zero-order chi connectivity index (χ0) is 20.3. The molecule has 3 aromatic rings. The van der Waals surface area contributed by atoms with Gasteiger partial charge in [0, 0.05) is 35.2 Å². The quantitative estimate of drug-likeness (QED) is 0.563. The van der Waals surface area contributed by atoms with E-state index in [2.05, 4.69) is 25.2 Å². The Morgan fingerprint density at radius 1 is 1.25 bits per heavy atom. The molecule has 0 atom stereocenters. The number of anilines is 1. The Balaban J connectivity index is 1.80. The molecular formula is C19H17ClF2N4O2. The number of rotatable bonds is 6. The van der Waals surface area contributed by atoms with Crippen molar-refractivity contribution in [1.82, 2.24) is 15.2 Å². The highest BCUT2D eigenvalue weighted by atomic mass is 35.5. The lowest BCUT2D eigenvalue weighted by atomic mass is 9.99. The van der Waals surface area contributed by atoms with Gasteiger partial charge in [0.05, 0.1) is 17.0 Å². The van der Waals surface area contributed by atoms with E-state index in [4.69, 9.17) is 11.6 Å². The molecule has 9 heteroatoms. The van der Waals surface area contributed by atoms with Crippen molar-refractivity contribution in [2.24, 2.45) is 0 Å². The Kier molecular flexibility index (Phi) is 5.60. The summed E-state index contributed by atoms with van der Waals surface area (Å²) in [6.07, 6.45) is 3.12. The second-order valence-electron chi connectivity index (χ2n) is 6.31. The number of halogens is 3. The van der Waals surface area contributed by atoms with Crippen LogP contribution in [0.15, 0.2) is 48.8 Å². The molecule has 0 saturated heterocycles. The summed E-state index contributed by atoms with van der Waals surface area (Å²) < 4.78 is 29.5. The zero-order valence-electron chi connectivity index (χ0n) is 15.0. The van der Waals surface area contributed by atoms with Crippen LogP contribution in [0.3, 0.4) is 0 Å². The number of aromatic amines is 1. The minimum atomic E-state index is -3.79. The molecule has 0 unspecified atom stereocenters. The first-order chi connectivity index (χ1) is 13.2. The first-order valence-corrected chi connectivity index (χ1v) is 8.77. The van der Waals surface area contributed by atoms with E-state index in [1.807, 2.05) is 13.8 Å². The predicted octanol–water partition coefficient (Wildman–Crippen LogP) is 5.02. The van der Waals surface area contributed by atoms with Crippen LogP contribution >= 0.6 is 11.6 Å². The van der Waals surface area contributed by atoms with Crippen molar-refractivity contribution >= 4 is 23.2 Å². The number of benzene rings is 1. The molecule has 2 heterocycles. The van der Waals surface area contributed by atoms with Crippen molar-refractivity contribution in [2.45, 2.75) is 25.3 Å². The van der Waals surface area contributed by atoms with Gasteiger partial charge < -0.3 is 10.1 Å². The number of alkyl halides is 3. The second kappa shape index (κ2) is 7.93. The average molecular weight is 407 g/mol. The molecule has 0 aliphatic carbocycles. The average Bonchev–Trinajstić information content (AvgIpc) is 3.16. The van der Waals surface area contributed by atoms with Gasteiger partial charge in [-0.2, -0.15) is 5.10 Å². The SMILES string of the molecule is CC(C)c1ncc(C(=O)Nc2ccc(OC(F)(F)Cl)cc2)cc1-c1ccn[nH]1. The molecule has 0 saturated carbocycles. The monoisotopic (exact) mass is 406 g/mol. The first-order valence-electron chi connectivity index (χ1n) is 8.40. The van der Waals surface area contributed by atoms with Crippen molar-refractivity contribution in [3.05, 3.63) is 60.0 Å². The summed E-state index contributed by atoms with van der Waals surface area (Å²) in [6.45, 7) is 4.02. The number of pyridine rings is 1. The van der Waals surface area contributed by atoms with E-state index in [1.54, 1.807) is 18.3 Å². The van der Waals surface area contributed by atoms with Gasteiger partial charge in [0.2, 0.25) is 0 Å². The highest BCUT2D eigenvalue weighted by molar-refractivity contribution is 6.20. The third kappa shape index (κ3) is 4.83. The van der Waals surface area contributed by atoms with Gasteiger partial charge in [0.25, 0.3) is 5.91 Å². The fraction of sp³-hybridized carbons (Fsp3) is 0.211. The Bertz CT molecular complexity index is 955. The topological polar surface area (TPSA) is 79.9 Å². The summed E-state index contributed by atoms with van der Waals surface area (Å²) in [7, 11) is 0. The van der Waals surface area contributed by atoms with Crippen LogP contribution in [0.1, 0.15) is 35.8 Å². The molecule has 0 bridgehead atoms. The van der Waals surface area contributed by atoms with E-state index in [9.17, 15) is 13.6 Å². The Morgan fingerprint density at radius 2 is 1.96 bits per heavy atom. The van der Waals surface area contributed by atoms with Gasteiger partial charge in [-0.25, -0.2) is 0 Å². The fourth-order valence-corrected chi connectivity index (χ4v) is 2.71. The molecule has 0 fully saturated rings. The number of carbonyl (C=O) groups excluding carboxylic acids is 1. The lowest BCUT2D eigenvalue weighted by Gasteiger charge is -2.13. The molecular weight excluding hydrogens is 390 g/mol. The number of H-pyrrole nitrogens is 1. The molecule has 2 aromatic heterocycles. The summed E-state index contributed by atoms with van der Waals surface area (Å²) in [6, 6.07) is 8.96. The highest BCUT2D eigenvalue weighted by Gasteiger charge is 2.27. The second-order valence-corrected chi connectivity index (χ2v) is 6.75. The van der Waals surface area contributed by atoms with Crippen LogP contribution in [-0.4, -0.2) is 26.7 Å². The van der Waals surface area contributed by atoms with Gasteiger partial charge >= 0.3 is 5.57 Å². The Hall–Kier alpha value is -3.00. The zero-order valence-corrected chi connectivity index (χ0v) is 15.8. The van der Waals surface area contributed by atoms with Crippen molar-refractivity contribution < 1.29 is 18.3 Å². The van der Waals surface area contributed by atoms with Crippen LogP contribution in [0.2, 0.25) is 0 Å². The number of nitrogens with zero attached hydrogens (tertiary/aromatic N) is 2. The van der Waals surface area contributed by atoms with Crippen molar-refractivity contribution in [3.8, 4) is 17.0 Å². The summed E-state index contributed by atoms with van der Waals surface area (Å²) >= 11 is 4.72. The van der Waals surface area contributed by atoms with Gasteiger partial charge in [-0.05, 0) is 42.3 Å². The van der Waals surface area contributed by atoms with Gasteiger partial charge in [-0.1, -0.05) is 13.8 Å². The molecule has 1 amide bonds. The lowest BCUT2D eigenvalue weighted by Crippen LogP contribution is -2.16. The van der Waals surface area contributed by atoms with E-state index in [0.29, 0.717) is 11.3 Å². The maximum Gasteiger partial charge on any atom is 0.487 e. The first kappa shape index (κ1) is 19.8. The van der Waals surface area contributed by atoms with Gasteiger partial charge in [0.1, 0.15) is 5.75 Å². The summed E-state index contributed by atoms with van der Waals surface area (Å²) in [5, 5.41) is 9.52. The van der Waals surface area contributed by atoms with Crippen LogP contribution in [0.4, 0.5) is 14.5 Å². The number of hydrogen-bond donors (Lipinski definition) is 2. The highest BCUT2D eigenvalue weighted by Crippen LogP contribution is 2.28. The Morgan fingerprint density at radius 3 is 2.54 bits per heavy atom. The predicted molar refractivity (Wildman–Crippen MR) is 102 cm³/mol. The van der Waals surface area contributed by atoms with Crippen molar-refractivity contribution in [3.63, 3.8) is 0 Å². The lowest BCUT2D eigenvalue weighted by molar-refractivity contribution is -0.0964. The fourth-order valence-electron chi connectivity index (χ4n) is 2.62. The van der Waals surface area contributed by atoms with E-state index in [-0.39, 0.29) is 17.6 Å². The van der Waals surface area contributed by atoms with E-state index >= 15 is 0 Å². The number of carbonyl (C=O) groups is 1. The standard InChI is InChI=1S/C19H17ClF2N4O2/c1-11(2)17-15(16-7-8-24-26-16)9-12(10-23-17)18(27)25-13-3-5-14(6-4-13)28-19(20,21)22/h3-11H,1-2H3,(H,24,26)(H,25,27). The maximum absolute atomic E-state index is 12.6. The van der Waals surface area contributed by atoms with E-state index < -0.39 is 5.57 Å². The summed E-state index contributed by atoms with van der Waals surface area (Å²) in [5.74, 6) is -0.356. The molecule has 1 aromatic carbocycles. The normalized spacial score (nSPS) is 11.5. The van der Waals surface area contributed by atoms with Gasteiger partial charge in [0.15, 0.2) is 0 Å². The number of nitrogens with one attached hydrogen (secondary N) is 2. The van der Waals surface area contributed by atoms with E-state index in [0.717, 1.165) is 17.0 Å². The van der Waals surface area contributed by atoms with Gasteiger partial charge in [-0.3, -0.25) is 14.9 Å². The summed E-state index contributed by atoms with van der Waals surface area (Å²) in [4.78, 5) is 17.0. The minimum absolute atomic E-state index is 0.123. The minimum Gasteiger partial charge on any atom is -0.420 e. The summed E-state index contributed by atoms with van der Waals surface area (Å²) in [5.41, 5.74) is -0.655. The van der Waals surface area contributed by atoms with E-state index in [1.165, 1.54) is 30.5 Å². The number of aromatic nitrogens is 3.